The topological polar surface area (TPSA) is 149 Å². The van der Waals surface area contributed by atoms with Gasteiger partial charge in [-0.15, -0.1) is 0 Å². The number of aryl methyl sites for hydroxylation is 1. The molecule has 3 rings (SSSR count). The number of aromatic nitrogens is 3. The van der Waals surface area contributed by atoms with Gasteiger partial charge >= 0.3 is 5.97 Å². The maximum absolute atomic E-state index is 12.0. The van der Waals surface area contributed by atoms with E-state index in [4.69, 9.17) is 9.47 Å². The molecule has 208 valence electrons. The van der Waals surface area contributed by atoms with Crippen LogP contribution in [0, 0.1) is 6.92 Å². The van der Waals surface area contributed by atoms with Gasteiger partial charge in [0, 0.05) is 25.2 Å². The average molecular weight is 538 g/mol. The minimum atomic E-state index is -0.437. The zero-order valence-electron chi connectivity index (χ0n) is 22.2. The minimum Gasteiger partial charge on any atom is -0.468 e. The lowest BCUT2D eigenvalue weighted by molar-refractivity contribution is -0.138. The molecule has 1 heterocycles. The molecule has 0 bridgehead atoms. The Morgan fingerprint density at radius 3 is 2.03 bits per heavy atom. The number of methoxy groups -OCH3 is 1. The molecule has 0 aliphatic carbocycles. The quantitative estimate of drug-likeness (QED) is 0.148. The van der Waals surface area contributed by atoms with Crippen LogP contribution in [-0.4, -0.2) is 80.0 Å². The molecule has 1 amide bonds. The second-order valence-electron chi connectivity index (χ2n) is 8.35. The van der Waals surface area contributed by atoms with Gasteiger partial charge in [0.2, 0.25) is 17.8 Å². The van der Waals surface area contributed by atoms with E-state index in [2.05, 4.69) is 41.0 Å². The van der Waals surface area contributed by atoms with Gasteiger partial charge in [-0.1, -0.05) is 48.0 Å². The Morgan fingerprint density at radius 1 is 0.744 bits per heavy atom. The fraction of sp³-hybridized carbons (Fsp3) is 0.370. The van der Waals surface area contributed by atoms with Gasteiger partial charge in [-0.25, -0.2) is 0 Å². The first-order valence-electron chi connectivity index (χ1n) is 12.6. The van der Waals surface area contributed by atoms with E-state index >= 15 is 0 Å². The average Bonchev–Trinajstić information content (AvgIpc) is 2.96. The van der Waals surface area contributed by atoms with Gasteiger partial charge in [0.05, 0.1) is 33.5 Å². The molecule has 0 saturated carbocycles. The van der Waals surface area contributed by atoms with E-state index in [0.29, 0.717) is 63.5 Å². The maximum Gasteiger partial charge on any atom is 0.325 e. The van der Waals surface area contributed by atoms with Crippen LogP contribution in [0.15, 0.2) is 54.6 Å². The lowest BCUT2D eigenvalue weighted by Gasteiger charge is -2.11. The summed E-state index contributed by atoms with van der Waals surface area (Å²) < 4.78 is 15.7. The Kier molecular flexibility index (Phi) is 12.4. The van der Waals surface area contributed by atoms with E-state index in [1.807, 2.05) is 49.4 Å². The first-order valence-corrected chi connectivity index (χ1v) is 12.6. The third kappa shape index (κ3) is 11.3. The van der Waals surface area contributed by atoms with Crippen LogP contribution >= 0.6 is 0 Å². The largest absolute Gasteiger partial charge is 0.468 e. The van der Waals surface area contributed by atoms with Crippen molar-refractivity contribution < 1.29 is 23.8 Å². The minimum absolute atomic E-state index is 0.0730. The van der Waals surface area contributed by atoms with Crippen molar-refractivity contribution >= 4 is 29.7 Å². The number of hydrogen-bond acceptors (Lipinski definition) is 11. The summed E-state index contributed by atoms with van der Waals surface area (Å²) in [7, 11) is 1.31. The Balaban J connectivity index is 1.36. The van der Waals surface area contributed by atoms with Crippen LogP contribution < -0.4 is 21.3 Å². The molecule has 0 aliphatic heterocycles. The summed E-state index contributed by atoms with van der Waals surface area (Å²) in [5, 5.41) is 11.9. The zero-order chi connectivity index (χ0) is 27.7. The van der Waals surface area contributed by atoms with E-state index < -0.39 is 5.97 Å². The fourth-order valence-corrected chi connectivity index (χ4v) is 3.21. The van der Waals surface area contributed by atoms with E-state index in [0.717, 1.165) is 5.56 Å². The van der Waals surface area contributed by atoms with Crippen LogP contribution in [0.1, 0.15) is 21.5 Å². The third-order valence-electron chi connectivity index (χ3n) is 5.29. The molecule has 2 aromatic carbocycles. The van der Waals surface area contributed by atoms with E-state index in [-0.39, 0.29) is 18.4 Å². The molecule has 0 spiro atoms. The molecule has 0 aliphatic rings. The highest BCUT2D eigenvalue weighted by Gasteiger charge is 2.09. The lowest BCUT2D eigenvalue weighted by Crippen LogP contribution is -2.27. The number of carbonyl (C=O) groups is 2. The van der Waals surface area contributed by atoms with Gasteiger partial charge < -0.3 is 35.5 Å². The Hall–Kier alpha value is -4.29. The van der Waals surface area contributed by atoms with Crippen molar-refractivity contribution in [2.24, 2.45) is 0 Å². The predicted octanol–water partition coefficient (Wildman–Crippen LogP) is 2.25. The van der Waals surface area contributed by atoms with Crippen LogP contribution in [0.2, 0.25) is 0 Å². The molecular formula is C27H35N7O5. The van der Waals surface area contributed by atoms with Crippen molar-refractivity contribution in [2.45, 2.75) is 13.5 Å². The van der Waals surface area contributed by atoms with Gasteiger partial charge in [0.1, 0.15) is 6.54 Å². The number of anilines is 3. The predicted molar refractivity (Wildman–Crippen MR) is 148 cm³/mol. The lowest BCUT2D eigenvalue weighted by atomic mass is 10.1. The van der Waals surface area contributed by atoms with Crippen molar-refractivity contribution in [3.05, 3.63) is 71.3 Å². The maximum atomic E-state index is 12.0. The Labute approximate surface area is 227 Å². The van der Waals surface area contributed by atoms with Crippen molar-refractivity contribution in [3.63, 3.8) is 0 Å². The number of nitrogens with zero attached hydrogens (tertiary/aromatic N) is 3. The number of ether oxygens (including phenoxy) is 3. The van der Waals surface area contributed by atoms with E-state index in [9.17, 15) is 9.59 Å². The molecule has 4 N–H and O–H groups in total. The van der Waals surface area contributed by atoms with Crippen molar-refractivity contribution in [3.8, 4) is 0 Å². The number of carbonyl (C=O) groups excluding carboxylic acids is 2. The Bertz CT molecular complexity index is 1160. The standard InChI is InChI=1S/C27H35N7O5/c1-20-8-10-21(11-9-20)18-30-26-32-25(33-27(34-26)31-19-23(35)37-2)29-13-15-39-17-16-38-14-12-28-24(36)22-6-4-3-5-7-22/h3-11H,12-19H2,1-2H3,(H,28,36)(H3,29,30,31,32,33,34). The molecule has 12 heteroatoms. The van der Waals surface area contributed by atoms with Gasteiger partial charge in [0.25, 0.3) is 5.91 Å². The smallest absolute Gasteiger partial charge is 0.325 e. The van der Waals surface area contributed by atoms with Gasteiger partial charge in [-0.05, 0) is 24.6 Å². The SMILES string of the molecule is COC(=O)CNc1nc(NCCOCCOCCNC(=O)c2ccccc2)nc(NCc2ccc(C)cc2)n1. The number of hydrogen-bond donors (Lipinski definition) is 4. The number of nitrogens with one attached hydrogen (secondary N) is 4. The molecule has 0 fully saturated rings. The van der Waals surface area contributed by atoms with Gasteiger partial charge in [-0.2, -0.15) is 15.0 Å². The molecule has 0 atom stereocenters. The Morgan fingerprint density at radius 2 is 1.36 bits per heavy atom. The molecule has 1 aromatic heterocycles. The van der Waals surface area contributed by atoms with Crippen LogP contribution in [-0.2, 0) is 25.5 Å². The second kappa shape index (κ2) is 16.5. The highest BCUT2D eigenvalue weighted by Crippen LogP contribution is 2.11. The first-order chi connectivity index (χ1) is 19.0. The monoisotopic (exact) mass is 537 g/mol. The summed E-state index contributed by atoms with van der Waals surface area (Å²) in [6.45, 7) is 4.96. The second-order valence-corrected chi connectivity index (χ2v) is 8.35. The summed E-state index contributed by atoms with van der Waals surface area (Å²) >= 11 is 0. The summed E-state index contributed by atoms with van der Waals surface area (Å²) in [6.07, 6.45) is 0. The molecule has 39 heavy (non-hydrogen) atoms. The summed E-state index contributed by atoms with van der Waals surface area (Å²) in [4.78, 5) is 36.5. The number of esters is 1. The fourth-order valence-electron chi connectivity index (χ4n) is 3.21. The van der Waals surface area contributed by atoms with Crippen molar-refractivity contribution in [1.82, 2.24) is 20.3 Å². The molecule has 0 saturated heterocycles. The molecule has 12 nitrogen and oxygen atoms in total. The van der Waals surface area contributed by atoms with Crippen LogP contribution in [0.25, 0.3) is 0 Å². The number of amides is 1. The highest BCUT2D eigenvalue weighted by atomic mass is 16.5. The van der Waals surface area contributed by atoms with Crippen molar-refractivity contribution in [2.75, 3.05) is 69.1 Å². The van der Waals surface area contributed by atoms with Crippen LogP contribution in [0.4, 0.5) is 17.8 Å². The number of rotatable bonds is 17. The summed E-state index contributed by atoms with van der Waals surface area (Å²) in [5.74, 6) is 0.357. The summed E-state index contributed by atoms with van der Waals surface area (Å²) in [6, 6.07) is 17.2. The van der Waals surface area contributed by atoms with Crippen LogP contribution in [0.5, 0.6) is 0 Å². The van der Waals surface area contributed by atoms with E-state index in [1.54, 1.807) is 12.1 Å². The first kappa shape index (κ1) is 29.3. The van der Waals surface area contributed by atoms with Crippen molar-refractivity contribution in [1.29, 1.82) is 0 Å². The van der Waals surface area contributed by atoms with Gasteiger partial charge in [-0.3, -0.25) is 9.59 Å². The molecule has 0 unspecified atom stereocenters. The normalized spacial score (nSPS) is 10.5. The molecule has 0 radical (unpaired) electrons. The highest BCUT2D eigenvalue weighted by molar-refractivity contribution is 5.94. The van der Waals surface area contributed by atoms with Gasteiger partial charge in [0.15, 0.2) is 0 Å². The summed E-state index contributed by atoms with van der Waals surface area (Å²) in [5.41, 5.74) is 2.88. The number of benzene rings is 2. The molecular weight excluding hydrogens is 502 g/mol. The zero-order valence-corrected chi connectivity index (χ0v) is 22.2. The van der Waals surface area contributed by atoms with Crippen LogP contribution in [0.3, 0.4) is 0 Å². The third-order valence-corrected chi connectivity index (χ3v) is 5.29. The van der Waals surface area contributed by atoms with E-state index in [1.165, 1.54) is 12.7 Å². The molecule has 3 aromatic rings.